The van der Waals surface area contributed by atoms with Crippen LogP contribution in [0.25, 0.3) is 11.1 Å². The molecule has 0 fully saturated rings. The Morgan fingerprint density at radius 1 is 0.543 bits per heavy atom. The SMILES string of the molecule is Nc1ccc(C2(c3ccc(N)cc3)c3cc(S(=O)(=O)O)ccc3-c3ccc(S(=O)(=O)O)cc32)cc1. The number of rotatable bonds is 4. The van der Waals surface area contributed by atoms with Gasteiger partial charge in [0.15, 0.2) is 0 Å². The molecule has 0 saturated carbocycles. The molecule has 5 rings (SSSR count). The molecule has 0 amide bonds. The number of hydrogen-bond acceptors (Lipinski definition) is 6. The Hall–Kier alpha value is -3.70. The highest BCUT2D eigenvalue weighted by molar-refractivity contribution is 7.86. The van der Waals surface area contributed by atoms with Crippen LogP contribution in [0.3, 0.4) is 0 Å². The van der Waals surface area contributed by atoms with Gasteiger partial charge in [0.25, 0.3) is 20.2 Å². The van der Waals surface area contributed by atoms with Crippen molar-refractivity contribution in [2.45, 2.75) is 15.2 Å². The summed E-state index contributed by atoms with van der Waals surface area (Å²) < 4.78 is 67.9. The largest absolute Gasteiger partial charge is 0.399 e. The summed E-state index contributed by atoms with van der Waals surface area (Å²) in [6.07, 6.45) is 0. The van der Waals surface area contributed by atoms with Crippen molar-refractivity contribution < 1.29 is 25.9 Å². The van der Waals surface area contributed by atoms with E-state index >= 15 is 0 Å². The van der Waals surface area contributed by atoms with E-state index in [4.69, 9.17) is 11.5 Å². The topological polar surface area (TPSA) is 161 Å². The predicted octanol–water partition coefficient (Wildman–Crippen LogP) is 3.71. The average molecular weight is 509 g/mol. The molecule has 178 valence electrons. The van der Waals surface area contributed by atoms with Crippen LogP contribution in [0.1, 0.15) is 22.3 Å². The normalized spacial score (nSPS) is 14.3. The second-order valence-electron chi connectivity index (χ2n) is 8.36. The zero-order chi connectivity index (χ0) is 25.2. The van der Waals surface area contributed by atoms with Crippen LogP contribution in [0.5, 0.6) is 0 Å². The lowest BCUT2D eigenvalue weighted by Crippen LogP contribution is -2.29. The predicted molar refractivity (Wildman–Crippen MR) is 132 cm³/mol. The first-order valence-corrected chi connectivity index (χ1v) is 13.3. The van der Waals surface area contributed by atoms with Crippen molar-refractivity contribution in [1.29, 1.82) is 0 Å². The zero-order valence-corrected chi connectivity index (χ0v) is 19.7. The molecule has 4 aromatic rings. The molecule has 0 aliphatic heterocycles. The minimum atomic E-state index is -4.55. The molecular formula is C25H20N2O6S2. The number of nitrogen functional groups attached to an aromatic ring is 2. The fraction of sp³-hybridized carbons (Fsp3) is 0.0400. The quantitative estimate of drug-likeness (QED) is 0.211. The summed E-state index contributed by atoms with van der Waals surface area (Å²) in [7, 11) is -9.09. The minimum absolute atomic E-state index is 0.311. The molecule has 35 heavy (non-hydrogen) atoms. The maximum absolute atomic E-state index is 12.1. The molecule has 0 heterocycles. The highest BCUT2D eigenvalue weighted by Crippen LogP contribution is 2.57. The van der Waals surface area contributed by atoms with E-state index in [9.17, 15) is 25.9 Å². The molecule has 6 N–H and O–H groups in total. The second kappa shape index (κ2) is 7.65. The van der Waals surface area contributed by atoms with Crippen LogP contribution in [0.15, 0.2) is 94.7 Å². The van der Waals surface area contributed by atoms with Crippen molar-refractivity contribution >= 4 is 31.6 Å². The molecule has 0 aromatic heterocycles. The van der Waals surface area contributed by atoms with Crippen LogP contribution < -0.4 is 11.5 Å². The molecule has 0 spiro atoms. The minimum Gasteiger partial charge on any atom is -0.399 e. The van der Waals surface area contributed by atoms with Gasteiger partial charge in [0.2, 0.25) is 0 Å². The summed E-state index contributed by atoms with van der Waals surface area (Å²) in [6, 6.07) is 22.3. The van der Waals surface area contributed by atoms with Crippen molar-refractivity contribution in [3.8, 4) is 11.1 Å². The van der Waals surface area contributed by atoms with Crippen LogP contribution in [0.2, 0.25) is 0 Å². The van der Waals surface area contributed by atoms with E-state index in [2.05, 4.69) is 0 Å². The summed E-state index contributed by atoms with van der Waals surface area (Å²) in [5.74, 6) is 0. The number of hydrogen-bond donors (Lipinski definition) is 4. The first-order valence-electron chi connectivity index (χ1n) is 10.4. The van der Waals surface area contributed by atoms with E-state index in [1.165, 1.54) is 24.3 Å². The van der Waals surface area contributed by atoms with Gasteiger partial charge in [-0.15, -0.1) is 0 Å². The third kappa shape index (κ3) is 3.58. The van der Waals surface area contributed by atoms with Gasteiger partial charge in [-0.3, -0.25) is 9.11 Å². The number of anilines is 2. The van der Waals surface area contributed by atoms with Crippen LogP contribution >= 0.6 is 0 Å². The van der Waals surface area contributed by atoms with Gasteiger partial charge in [-0.25, -0.2) is 0 Å². The van der Waals surface area contributed by atoms with Gasteiger partial charge >= 0.3 is 0 Å². The Morgan fingerprint density at radius 2 is 0.886 bits per heavy atom. The van der Waals surface area contributed by atoms with Crippen LogP contribution in [0, 0.1) is 0 Å². The van der Waals surface area contributed by atoms with Gasteiger partial charge in [-0.2, -0.15) is 16.8 Å². The van der Waals surface area contributed by atoms with E-state index < -0.39 is 25.7 Å². The van der Waals surface area contributed by atoms with Gasteiger partial charge in [-0.1, -0.05) is 36.4 Å². The molecule has 0 atom stereocenters. The highest BCUT2D eigenvalue weighted by Gasteiger charge is 2.47. The highest BCUT2D eigenvalue weighted by atomic mass is 32.2. The molecule has 0 bridgehead atoms. The summed E-state index contributed by atoms with van der Waals surface area (Å²) in [4.78, 5) is -0.622. The average Bonchev–Trinajstić information content (AvgIpc) is 3.09. The second-order valence-corrected chi connectivity index (χ2v) is 11.2. The Labute approximate surface area is 202 Å². The molecule has 8 nitrogen and oxygen atoms in total. The number of nitrogens with two attached hydrogens (primary N) is 2. The maximum Gasteiger partial charge on any atom is 0.294 e. The molecule has 0 radical (unpaired) electrons. The van der Waals surface area contributed by atoms with E-state index in [-0.39, 0.29) is 9.79 Å². The van der Waals surface area contributed by atoms with Crippen molar-refractivity contribution in [1.82, 2.24) is 0 Å². The van der Waals surface area contributed by atoms with Gasteiger partial charge < -0.3 is 11.5 Å². The first-order chi connectivity index (χ1) is 16.4. The Bertz CT molecular complexity index is 1570. The van der Waals surface area contributed by atoms with E-state index in [1.807, 2.05) is 0 Å². The Kier molecular flexibility index (Phi) is 5.04. The van der Waals surface area contributed by atoms with Crippen molar-refractivity contribution in [3.05, 3.63) is 107 Å². The van der Waals surface area contributed by atoms with E-state index in [0.717, 1.165) is 0 Å². The third-order valence-electron chi connectivity index (χ3n) is 6.36. The number of benzene rings is 4. The van der Waals surface area contributed by atoms with Crippen molar-refractivity contribution in [2.75, 3.05) is 11.5 Å². The standard InChI is InChI=1S/C25H20N2O6S2/c26-17-5-1-15(2-6-17)25(16-3-7-18(27)8-4-16)23-13-19(34(28,29)30)9-11-21(23)22-12-10-20(14-24(22)25)35(31,32)33/h1-14H,26-27H2,(H,28,29,30)(H,31,32,33). The molecule has 4 aromatic carbocycles. The lowest BCUT2D eigenvalue weighted by Gasteiger charge is -2.34. The van der Waals surface area contributed by atoms with Gasteiger partial charge in [-0.05, 0) is 81.9 Å². The maximum atomic E-state index is 12.1. The molecule has 10 heteroatoms. The summed E-state index contributed by atoms with van der Waals surface area (Å²) in [5, 5.41) is 0. The third-order valence-corrected chi connectivity index (χ3v) is 8.06. The Balaban J connectivity index is 2.00. The summed E-state index contributed by atoms with van der Waals surface area (Å²) in [5.41, 5.74) is 15.3. The molecule has 0 unspecified atom stereocenters. The van der Waals surface area contributed by atoms with Gasteiger partial charge in [0.05, 0.1) is 15.2 Å². The monoisotopic (exact) mass is 508 g/mol. The van der Waals surface area contributed by atoms with Crippen LogP contribution in [-0.4, -0.2) is 25.9 Å². The fourth-order valence-electron chi connectivity index (χ4n) is 4.86. The molecule has 1 aliphatic rings. The number of fused-ring (bicyclic) bond motifs is 3. The van der Waals surface area contributed by atoms with Gasteiger partial charge in [0, 0.05) is 11.4 Å². The van der Waals surface area contributed by atoms with Crippen molar-refractivity contribution in [3.63, 3.8) is 0 Å². The lowest BCUT2D eigenvalue weighted by atomic mass is 9.67. The van der Waals surface area contributed by atoms with Gasteiger partial charge in [0.1, 0.15) is 0 Å². The molecule has 1 aliphatic carbocycles. The summed E-state index contributed by atoms with van der Waals surface area (Å²) in [6.45, 7) is 0. The Morgan fingerprint density at radius 3 is 1.20 bits per heavy atom. The smallest absolute Gasteiger partial charge is 0.294 e. The van der Waals surface area contributed by atoms with E-state index in [1.54, 1.807) is 60.7 Å². The molecule has 0 saturated heterocycles. The summed E-state index contributed by atoms with van der Waals surface area (Å²) >= 11 is 0. The van der Waals surface area contributed by atoms with Crippen LogP contribution in [0.4, 0.5) is 11.4 Å². The molecular weight excluding hydrogens is 488 g/mol. The zero-order valence-electron chi connectivity index (χ0n) is 18.1. The first kappa shape index (κ1) is 23.1. The fourth-order valence-corrected chi connectivity index (χ4v) is 5.87. The van der Waals surface area contributed by atoms with Crippen molar-refractivity contribution in [2.24, 2.45) is 0 Å². The lowest BCUT2D eigenvalue weighted by molar-refractivity contribution is 0.481. The van der Waals surface area contributed by atoms with Crippen LogP contribution in [-0.2, 0) is 25.7 Å². The van der Waals surface area contributed by atoms with E-state index in [0.29, 0.717) is 44.8 Å².